The Balaban J connectivity index is 2.26. The van der Waals surface area contributed by atoms with E-state index in [0.29, 0.717) is 0 Å². The van der Waals surface area contributed by atoms with Gasteiger partial charge in [0.1, 0.15) is 5.00 Å². The van der Waals surface area contributed by atoms with Crippen molar-refractivity contribution in [2.45, 2.75) is 11.9 Å². The van der Waals surface area contributed by atoms with E-state index in [1.807, 2.05) is 0 Å². The standard InChI is InChI=1S/C10H11N3O4S2/c1-2-17-10(14)7-3-4-18-9(7)13-19(15,16)8-5-11-6-12-8/h3-6,13H,2H2,1H3,(H,11,12). The minimum Gasteiger partial charge on any atom is -0.462 e. The third-order valence-corrected chi connectivity index (χ3v) is 4.38. The SMILES string of the molecule is CCOC(=O)c1ccsc1NS(=O)(=O)c1cnc[nH]1. The van der Waals surface area contributed by atoms with Crippen molar-refractivity contribution in [1.29, 1.82) is 0 Å². The molecule has 102 valence electrons. The predicted molar refractivity (Wildman–Crippen MR) is 69.7 cm³/mol. The van der Waals surface area contributed by atoms with Gasteiger partial charge in [-0.2, -0.15) is 8.42 Å². The lowest BCUT2D eigenvalue weighted by atomic mass is 10.3. The molecule has 2 heterocycles. The molecule has 0 bridgehead atoms. The molecule has 0 saturated carbocycles. The molecule has 2 aromatic rings. The van der Waals surface area contributed by atoms with E-state index in [4.69, 9.17) is 4.74 Å². The number of aromatic amines is 1. The van der Waals surface area contributed by atoms with Crippen molar-refractivity contribution in [2.24, 2.45) is 0 Å². The molecule has 0 unspecified atom stereocenters. The van der Waals surface area contributed by atoms with Gasteiger partial charge in [0, 0.05) is 0 Å². The Bertz CT molecular complexity index is 661. The smallest absolute Gasteiger partial charge is 0.341 e. The number of esters is 1. The number of nitrogens with one attached hydrogen (secondary N) is 2. The lowest BCUT2D eigenvalue weighted by Gasteiger charge is -2.06. The van der Waals surface area contributed by atoms with Crippen LogP contribution in [-0.4, -0.2) is 31.0 Å². The molecule has 19 heavy (non-hydrogen) atoms. The fraction of sp³-hybridized carbons (Fsp3) is 0.200. The number of anilines is 1. The molecule has 0 fully saturated rings. The summed E-state index contributed by atoms with van der Waals surface area (Å²) in [5, 5.41) is 1.75. The van der Waals surface area contributed by atoms with Gasteiger partial charge in [0.2, 0.25) is 0 Å². The van der Waals surface area contributed by atoms with Crippen LogP contribution < -0.4 is 4.72 Å². The topological polar surface area (TPSA) is 101 Å². The Hall–Kier alpha value is -1.87. The fourth-order valence-corrected chi connectivity index (χ4v) is 3.34. The Labute approximate surface area is 113 Å². The monoisotopic (exact) mass is 301 g/mol. The number of carbonyl (C=O) groups excluding carboxylic acids is 1. The summed E-state index contributed by atoms with van der Waals surface area (Å²) in [5.41, 5.74) is 0.190. The molecule has 7 nitrogen and oxygen atoms in total. The maximum atomic E-state index is 12.0. The van der Waals surface area contributed by atoms with Gasteiger partial charge >= 0.3 is 5.97 Å². The van der Waals surface area contributed by atoms with Gasteiger partial charge in [-0.05, 0) is 18.4 Å². The number of carbonyl (C=O) groups is 1. The number of rotatable bonds is 5. The molecule has 0 saturated heterocycles. The van der Waals surface area contributed by atoms with E-state index in [9.17, 15) is 13.2 Å². The van der Waals surface area contributed by atoms with E-state index >= 15 is 0 Å². The molecule has 0 spiro atoms. The molecule has 9 heteroatoms. The average Bonchev–Trinajstić information content (AvgIpc) is 2.98. The van der Waals surface area contributed by atoms with Crippen LogP contribution in [0.2, 0.25) is 0 Å². The summed E-state index contributed by atoms with van der Waals surface area (Å²) in [5.74, 6) is -0.564. The van der Waals surface area contributed by atoms with Crippen LogP contribution >= 0.6 is 11.3 Å². The highest BCUT2D eigenvalue weighted by Crippen LogP contribution is 2.26. The summed E-state index contributed by atoms with van der Waals surface area (Å²) in [6.07, 6.45) is 2.44. The van der Waals surface area contributed by atoms with Crippen LogP contribution in [0.1, 0.15) is 17.3 Å². The second-order valence-electron chi connectivity index (χ2n) is 3.41. The van der Waals surface area contributed by atoms with Gasteiger partial charge in [-0.1, -0.05) is 0 Å². The van der Waals surface area contributed by atoms with Crippen molar-refractivity contribution in [3.8, 4) is 0 Å². The van der Waals surface area contributed by atoms with Crippen LogP contribution in [0.15, 0.2) is 29.0 Å². The van der Waals surface area contributed by atoms with Gasteiger partial charge in [0.15, 0.2) is 5.03 Å². The van der Waals surface area contributed by atoms with Gasteiger partial charge in [-0.15, -0.1) is 11.3 Å². The minimum absolute atomic E-state index is 0.0734. The average molecular weight is 301 g/mol. The van der Waals surface area contributed by atoms with Crippen LogP contribution in [0.25, 0.3) is 0 Å². The quantitative estimate of drug-likeness (QED) is 0.814. The number of ether oxygens (including phenoxy) is 1. The van der Waals surface area contributed by atoms with Crippen molar-refractivity contribution in [2.75, 3.05) is 11.3 Å². The number of thiophene rings is 1. The number of hydrogen-bond donors (Lipinski definition) is 2. The Morgan fingerprint density at radius 2 is 2.37 bits per heavy atom. The Morgan fingerprint density at radius 1 is 1.58 bits per heavy atom. The molecule has 2 aromatic heterocycles. The van der Waals surface area contributed by atoms with Gasteiger partial charge in [-0.3, -0.25) is 4.72 Å². The highest BCUT2D eigenvalue weighted by Gasteiger charge is 2.21. The van der Waals surface area contributed by atoms with Gasteiger partial charge < -0.3 is 9.72 Å². The van der Waals surface area contributed by atoms with Crippen LogP contribution in [0.3, 0.4) is 0 Å². The zero-order valence-electron chi connectivity index (χ0n) is 9.91. The van der Waals surface area contributed by atoms with E-state index in [-0.39, 0.29) is 22.2 Å². The molecule has 0 aliphatic carbocycles. The molecule has 0 amide bonds. The van der Waals surface area contributed by atoms with Crippen LogP contribution in [0.5, 0.6) is 0 Å². The second kappa shape index (κ2) is 5.41. The maximum Gasteiger partial charge on any atom is 0.341 e. The molecule has 0 aromatic carbocycles. The molecule has 0 aliphatic heterocycles. The van der Waals surface area contributed by atoms with E-state index in [1.54, 1.807) is 12.3 Å². The summed E-state index contributed by atoms with van der Waals surface area (Å²) < 4.78 is 31.1. The highest BCUT2D eigenvalue weighted by molar-refractivity contribution is 7.92. The van der Waals surface area contributed by atoms with Crippen molar-refractivity contribution in [3.05, 3.63) is 29.5 Å². The van der Waals surface area contributed by atoms with E-state index in [2.05, 4.69) is 14.7 Å². The first-order valence-electron chi connectivity index (χ1n) is 5.30. The molecule has 2 rings (SSSR count). The van der Waals surface area contributed by atoms with Gasteiger partial charge in [0.25, 0.3) is 10.0 Å². The van der Waals surface area contributed by atoms with E-state index < -0.39 is 16.0 Å². The van der Waals surface area contributed by atoms with Crippen LogP contribution in [0, 0.1) is 0 Å². The number of H-pyrrole nitrogens is 1. The lowest BCUT2D eigenvalue weighted by molar-refractivity contribution is 0.0528. The van der Waals surface area contributed by atoms with Crippen LogP contribution in [-0.2, 0) is 14.8 Å². The van der Waals surface area contributed by atoms with Gasteiger partial charge in [0.05, 0.1) is 24.7 Å². The number of hydrogen-bond acceptors (Lipinski definition) is 6. The number of imidazole rings is 1. The first-order chi connectivity index (χ1) is 9.04. The lowest BCUT2D eigenvalue weighted by Crippen LogP contribution is -2.15. The highest BCUT2D eigenvalue weighted by atomic mass is 32.2. The molecular formula is C10H11N3O4S2. The zero-order chi connectivity index (χ0) is 13.9. The number of nitrogens with zero attached hydrogens (tertiary/aromatic N) is 1. The van der Waals surface area contributed by atoms with E-state index in [0.717, 1.165) is 11.3 Å². The second-order valence-corrected chi connectivity index (χ2v) is 5.97. The first kappa shape index (κ1) is 13.6. The molecule has 0 radical (unpaired) electrons. The Morgan fingerprint density at radius 3 is 3.00 bits per heavy atom. The summed E-state index contributed by atoms with van der Waals surface area (Å²) in [6, 6.07) is 1.51. The van der Waals surface area contributed by atoms with Crippen molar-refractivity contribution in [3.63, 3.8) is 0 Å². The summed E-state index contributed by atoms with van der Waals surface area (Å²) in [6.45, 7) is 1.90. The normalized spacial score (nSPS) is 11.2. The fourth-order valence-electron chi connectivity index (χ4n) is 1.32. The van der Waals surface area contributed by atoms with Crippen molar-refractivity contribution >= 4 is 32.3 Å². The minimum atomic E-state index is -3.78. The number of sulfonamides is 1. The summed E-state index contributed by atoms with van der Waals surface area (Å²) >= 11 is 1.10. The largest absolute Gasteiger partial charge is 0.462 e. The maximum absolute atomic E-state index is 12.0. The van der Waals surface area contributed by atoms with Crippen molar-refractivity contribution < 1.29 is 17.9 Å². The third kappa shape index (κ3) is 2.93. The third-order valence-electron chi connectivity index (χ3n) is 2.15. The molecule has 0 atom stereocenters. The van der Waals surface area contributed by atoms with Crippen LogP contribution in [0.4, 0.5) is 5.00 Å². The molecular weight excluding hydrogens is 290 g/mol. The first-order valence-corrected chi connectivity index (χ1v) is 7.66. The van der Waals surface area contributed by atoms with Crippen molar-refractivity contribution in [1.82, 2.24) is 9.97 Å². The van der Waals surface area contributed by atoms with Gasteiger partial charge in [-0.25, -0.2) is 9.78 Å². The predicted octanol–water partition coefficient (Wildman–Crippen LogP) is 1.45. The van der Waals surface area contributed by atoms with E-state index in [1.165, 1.54) is 18.6 Å². The molecule has 0 aliphatic rings. The zero-order valence-corrected chi connectivity index (χ0v) is 11.5. The summed E-state index contributed by atoms with van der Waals surface area (Å²) in [7, 11) is -3.78. The number of aromatic nitrogens is 2. The summed E-state index contributed by atoms with van der Waals surface area (Å²) in [4.78, 5) is 17.8. The Kier molecular flexibility index (Phi) is 3.86. The molecule has 2 N–H and O–H groups in total.